The van der Waals surface area contributed by atoms with Crippen molar-refractivity contribution in [3.63, 3.8) is 0 Å². The van der Waals surface area contributed by atoms with Crippen molar-refractivity contribution in [1.29, 1.82) is 0 Å². The van der Waals surface area contributed by atoms with Crippen LogP contribution >= 0.6 is 0 Å². The van der Waals surface area contributed by atoms with Crippen LogP contribution in [0.25, 0.3) is 0 Å². The van der Waals surface area contributed by atoms with Gasteiger partial charge in [0, 0.05) is 5.69 Å². The van der Waals surface area contributed by atoms with E-state index in [9.17, 15) is 5.11 Å². The summed E-state index contributed by atoms with van der Waals surface area (Å²) in [6.07, 6.45) is 2.24. The lowest BCUT2D eigenvalue weighted by molar-refractivity contribution is 0.0732. The van der Waals surface area contributed by atoms with Crippen molar-refractivity contribution in [3.05, 3.63) is 23.3 Å². The van der Waals surface area contributed by atoms with Gasteiger partial charge in [-0.15, -0.1) is 0 Å². The summed E-state index contributed by atoms with van der Waals surface area (Å²) in [5, 5.41) is 13.3. The summed E-state index contributed by atoms with van der Waals surface area (Å²) >= 11 is 0. The second-order valence-corrected chi connectivity index (χ2v) is 4.96. The zero-order valence-corrected chi connectivity index (χ0v) is 10.1. The average Bonchev–Trinajstić information content (AvgIpc) is 2.68. The second kappa shape index (κ2) is 4.11. The van der Waals surface area contributed by atoms with E-state index >= 15 is 0 Å². The number of nitrogens with zero attached hydrogens (tertiary/aromatic N) is 2. The maximum atomic E-state index is 9.97. The molecule has 0 saturated carbocycles. The van der Waals surface area contributed by atoms with Crippen LogP contribution in [0, 0.1) is 6.92 Å². The van der Waals surface area contributed by atoms with Crippen molar-refractivity contribution in [2.75, 3.05) is 6.54 Å². The number of aromatic nitrogens is 2. The van der Waals surface area contributed by atoms with Crippen LogP contribution in [-0.4, -0.2) is 21.6 Å². The predicted octanol–water partition coefficient (Wildman–Crippen LogP) is 1.44. The highest BCUT2D eigenvalue weighted by atomic mass is 16.3. The summed E-state index contributed by atoms with van der Waals surface area (Å²) in [6.45, 7) is 6.47. The molecule has 4 nitrogen and oxygen atoms in total. The van der Waals surface area contributed by atoms with Gasteiger partial charge in [0.15, 0.2) is 0 Å². The van der Waals surface area contributed by atoms with Crippen LogP contribution in [0.4, 0.5) is 0 Å². The quantitative estimate of drug-likeness (QED) is 0.793. The molecule has 0 unspecified atom stereocenters. The Balaban J connectivity index is 2.35. The Morgan fingerprint density at radius 1 is 1.44 bits per heavy atom. The van der Waals surface area contributed by atoms with Crippen LogP contribution in [-0.2, 0) is 5.60 Å². The average molecular weight is 221 g/mol. The van der Waals surface area contributed by atoms with Crippen molar-refractivity contribution < 1.29 is 5.11 Å². The zero-order chi connectivity index (χ0) is 11.8. The van der Waals surface area contributed by atoms with Gasteiger partial charge in [0.2, 0.25) is 0 Å². The lowest BCUT2D eigenvalue weighted by Gasteiger charge is -2.19. The summed E-state index contributed by atoms with van der Waals surface area (Å²) in [5.74, 6) is 0.814. The Bertz CT molecular complexity index is 378. The molecule has 16 heavy (non-hydrogen) atoms. The number of hydrogen-bond donors (Lipinski definition) is 2. The van der Waals surface area contributed by atoms with E-state index in [0.717, 1.165) is 24.5 Å². The normalized spacial score (nSPS) is 21.4. The van der Waals surface area contributed by atoms with Gasteiger partial charge in [-0.05, 0) is 46.2 Å². The molecule has 1 saturated heterocycles. The highest BCUT2D eigenvalue weighted by molar-refractivity contribution is 5.17. The summed E-state index contributed by atoms with van der Waals surface area (Å²) in [4.78, 5) is 8.91. The SMILES string of the molecule is Cc1cc(C(C)(C)O)nc([C@@H]2CCCN2)n1. The van der Waals surface area contributed by atoms with E-state index in [1.807, 2.05) is 13.0 Å². The highest BCUT2D eigenvalue weighted by Crippen LogP contribution is 2.23. The Kier molecular flexibility index (Phi) is 2.95. The van der Waals surface area contributed by atoms with E-state index in [2.05, 4.69) is 15.3 Å². The first-order valence-electron chi connectivity index (χ1n) is 5.78. The largest absolute Gasteiger partial charge is 0.384 e. The maximum absolute atomic E-state index is 9.97. The third kappa shape index (κ3) is 2.39. The molecule has 0 aromatic carbocycles. The molecule has 1 aromatic rings. The highest BCUT2D eigenvalue weighted by Gasteiger charge is 2.23. The molecule has 0 bridgehead atoms. The second-order valence-electron chi connectivity index (χ2n) is 4.96. The van der Waals surface area contributed by atoms with Crippen LogP contribution in [0.5, 0.6) is 0 Å². The topological polar surface area (TPSA) is 58.0 Å². The van der Waals surface area contributed by atoms with E-state index < -0.39 is 5.60 Å². The molecule has 1 aliphatic rings. The van der Waals surface area contributed by atoms with Crippen molar-refractivity contribution >= 4 is 0 Å². The Morgan fingerprint density at radius 3 is 2.75 bits per heavy atom. The van der Waals surface area contributed by atoms with E-state index in [1.54, 1.807) is 13.8 Å². The zero-order valence-electron chi connectivity index (χ0n) is 10.1. The summed E-state index contributed by atoms with van der Waals surface area (Å²) in [7, 11) is 0. The van der Waals surface area contributed by atoms with Gasteiger partial charge in [-0.3, -0.25) is 0 Å². The van der Waals surface area contributed by atoms with Crippen LogP contribution in [0.2, 0.25) is 0 Å². The van der Waals surface area contributed by atoms with E-state index in [1.165, 1.54) is 6.42 Å². The van der Waals surface area contributed by atoms with Gasteiger partial charge in [-0.1, -0.05) is 0 Å². The number of nitrogens with one attached hydrogen (secondary N) is 1. The van der Waals surface area contributed by atoms with Crippen molar-refractivity contribution in [2.24, 2.45) is 0 Å². The summed E-state index contributed by atoms with van der Waals surface area (Å²) < 4.78 is 0. The number of rotatable bonds is 2. The summed E-state index contributed by atoms with van der Waals surface area (Å²) in [5.41, 5.74) is 0.709. The molecule has 2 heterocycles. The van der Waals surface area contributed by atoms with Crippen LogP contribution in [0.15, 0.2) is 6.07 Å². The van der Waals surface area contributed by atoms with E-state index in [0.29, 0.717) is 5.69 Å². The van der Waals surface area contributed by atoms with E-state index in [4.69, 9.17) is 0 Å². The molecule has 88 valence electrons. The fraction of sp³-hybridized carbons (Fsp3) is 0.667. The fourth-order valence-corrected chi connectivity index (χ4v) is 1.97. The minimum Gasteiger partial charge on any atom is -0.384 e. The molecular formula is C12H19N3O. The Hall–Kier alpha value is -1.00. The molecule has 1 atom stereocenters. The number of aliphatic hydroxyl groups is 1. The van der Waals surface area contributed by atoms with Gasteiger partial charge in [-0.25, -0.2) is 9.97 Å². The van der Waals surface area contributed by atoms with Gasteiger partial charge in [0.25, 0.3) is 0 Å². The summed E-state index contributed by atoms with van der Waals surface area (Å²) in [6, 6.07) is 2.10. The van der Waals surface area contributed by atoms with Crippen LogP contribution in [0.1, 0.15) is 49.9 Å². The first-order chi connectivity index (χ1) is 7.47. The Labute approximate surface area is 96.1 Å². The third-order valence-electron chi connectivity index (χ3n) is 2.87. The maximum Gasteiger partial charge on any atom is 0.145 e. The number of aryl methyl sites for hydroxylation is 1. The first-order valence-corrected chi connectivity index (χ1v) is 5.78. The first kappa shape index (κ1) is 11.5. The van der Waals surface area contributed by atoms with E-state index in [-0.39, 0.29) is 6.04 Å². The van der Waals surface area contributed by atoms with Crippen molar-refractivity contribution in [3.8, 4) is 0 Å². The van der Waals surface area contributed by atoms with Gasteiger partial charge in [0.05, 0.1) is 11.7 Å². The molecule has 1 aliphatic heterocycles. The van der Waals surface area contributed by atoms with Crippen molar-refractivity contribution in [2.45, 2.75) is 45.3 Å². The van der Waals surface area contributed by atoms with Crippen LogP contribution < -0.4 is 5.32 Å². The molecular weight excluding hydrogens is 202 g/mol. The monoisotopic (exact) mass is 221 g/mol. The van der Waals surface area contributed by atoms with Crippen LogP contribution in [0.3, 0.4) is 0 Å². The lowest BCUT2D eigenvalue weighted by Crippen LogP contribution is -2.22. The van der Waals surface area contributed by atoms with Gasteiger partial charge < -0.3 is 10.4 Å². The molecule has 0 spiro atoms. The minimum absolute atomic E-state index is 0.251. The van der Waals surface area contributed by atoms with Crippen molar-refractivity contribution in [1.82, 2.24) is 15.3 Å². The van der Waals surface area contributed by atoms with Gasteiger partial charge in [0.1, 0.15) is 11.4 Å². The Morgan fingerprint density at radius 2 is 2.19 bits per heavy atom. The molecule has 2 rings (SSSR count). The molecule has 1 aromatic heterocycles. The molecule has 4 heteroatoms. The molecule has 2 N–H and O–H groups in total. The smallest absolute Gasteiger partial charge is 0.145 e. The minimum atomic E-state index is -0.902. The van der Waals surface area contributed by atoms with Gasteiger partial charge in [-0.2, -0.15) is 0 Å². The fourth-order valence-electron chi connectivity index (χ4n) is 1.97. The molecule has 0 aliphatic carbocycles. The molecule has 1 fully saturated rings. The number of hydrogen-bond acceptors (Lipinski definition) is 4. The van der Waals surface area contributed by atoms with Gasteiger partial charge >= 0.3 is 0 Å². The molecule has 0 radical (unpaired) electrons. The lowest BCUT2D eigenvalue weighted by atomic mass is 10.0. The standard InChI is InChI=1S/C12H19N3O/c1-8-7-10(12(2,3)16)15-11(14-8)9-5-4-6-13-9/h7,9,13,16H,4-6H2,1-3H3/t9-/m0/s1. The third-order valence-corrected chi connectivity index (χ3v) is 2.87. The molecule has 0 amide bonds. The predicted molar refractivity (Wildman–Crippen MR) is 62.0 cm³/mol.